The van der Waals surface area contributed by atoms with E-state index in [4.69, 9.17) is 4.74 Å². The highest BCUT2D eigenvalue weighted by atomic mass is 32.2. The van der Waals surface area contributed by atoms with Crippen molar-refractivity contribution in [3.63, 3.8) is 0 Å². The first-order valence-electron chi connectivity index (χ1n) is 11.3. The van der Waals surface area contributed by atoms with E-state index in [2.05, 4.69) is 25.6 Å². The molecule has 0 bridgehead atoms. The number of hydrogen-bond donors (Lipinski definition) is 2. The number of carbonyl (C=O) groups is 3. The molecule has 0 aliphatic rings. The average Bonchev–Trinajstić information content (AvgIpc) is 3.31. The van der Waals surface area contributed by atoms with Gasteiger partial charge < -0.3 is 24.7 Å². The number of carbonyl (C=O) groups excluding carboxylic acids is 3. The Hall–Kier alpha value is -3.86. The summed E-state index contributed by atoms with van der Waals surface area (Å²) in [6.45, 7) is 4.38. The Morgan fingerprint density at radius 3 is 2.31 bits per heavy atom. The molecule has 0 aliphatic heterocycles. The van der Waals surface area contributed by atoms with Crippen molar-refractivity contribution in [1.29, 1.82) is 0 Å². The highest BCUT2D eigenvalue weighted by Gasteiger charge is 2.20. The van der Waals surface area contributed by atoms with Crippen molar-refractivity contribution in [2.75, 3.05) is 25.3 Å². The van der Waals surface area contributed by atoms with Crippen molar-refractivity contribution in [3.8, 4) is 5.75 Å². The molecule has 2 amide bonds. The normalized spacial score (nSPS) is 11.4. The summed E-state index contributed by atoms with van der Waals surface area (Å²) in [5.41, 5.74) is 1.84. The quantitative estimate of drug-likeness (QED) is 0.297. The zero-order chi connectivity index (χ0) is 26.1. The van der Waals surface area contributed by atoms with Gasteiger partial charge in [0.05, 0.1) is 38.0 Å². The molecule has 0 saturated carbocycles. The van der Waals surface area contributed by atoms with Crippen LogP contribution in [0.15, 0.2) is 53.7 Å². The van der Waals surface area contributed by atoms with Crippen LogP contribution in [-0.2, 0) is 27.3 Å². The number of esters is 1. The van der Waals surface area contributed by atoms with Gasteiger partial charge in [-0.2, -0.15) is 0 Å². The Labute approximate surface area is 213 Å². The lowest BCUT2D eigenvalue weighted by Crippen LogP contribution is -2.30. The summed E-state index contributed by atoms with van der Waals surface area (Å²) in [5.74, 6) is 0.670. The lowest BCUT2D eigenvalue weighted by Gasteiger charge is -2.15. The number of nitrogens with one attached hydrogen (secondary N) is 2. The van der Waals surface area contributed by atoms with Gasteiger partial charge in [-0.15, -0.1) is 10.2 Å². The maximum Gasteiger partial charge on any atom is 0.337 e. The van der Waals surface area contributed by atoms with E-state index in [0.717, 1.165) is 11.3 Å². The Kier molecular flexibility index (Phi) is 9.46. The zero-order valence-electron chi connectivity index (χ0n) is 20.6. The van der Waals surface area contributed by atoms with Crippen molar-refractivity contribution in [2.24, 2.45) is 0 Å². The van der Waals surface area contributed by atoms with Crippen LogP contribution < -0.4 is 15.4 Å². The van der Waals surface area contributed by atoms with Gasteiger partial charge in [0.1, 0.15) is 5.75 Å². The van der Waals surface area contributed by atoms with Crippen LogP contribution in [-0.4, -0.2) is 52.5 Å². The van der Waals surface area contributed by atoms with E-state index in [0.29, 0.717) is 28.8 Å². The number of anilines is 1. The molecular weight excluding hydrogens is 482 g/mol. The predicted molar refractivity (Wildman–Crippen MR) is 136 cm³/mol. The summed E-state index contributed by atoms with van der Waals surface area (Å²) in [6.07, 6.45) is 0.233. The van der Waals surface area contributed by atoms with Crippen molar-refractivity contribution < 1.29 is 23.9 Å². The van der Waals surface area contributed by atoms with Crippen LogP contribution in [0.4, 0.5) is 5.69 Å². The van der Waals surface area contributed by atoms with Crippen LogP contribution in [0.3, 0.4) is 0 Å². The minimum Gasteiger partial charge on any atom is -0.497 e. The van der Waals surface area contributed by atoms with Gasteiger partial charge in [0.15, 0.2) is 11.0 Å². The molecule has 2 N–H and O–H groups in total. The molecule has 0 radical (unpaired) electrons. The van der Waals surface area contributed by atoms with Crippen LogP contribution in [0.2, 0.25) is 0 Å². The summed E-state index contributed by atoms with van der Waals surface area (Å²) in [5, 5.41) is 14.8. The summed E-state index contributed by atoms with van der Waals surface area (Å²) >= 11 is 1.25. The van der Waals surface area contributed by atoms with Gasteiger partial charge in [-0.25, -0.2) is 4.79 Å². The summed E-state index contributed by atoms with van der Waals surface area (Å²) in [6, 6.07) is 13.4. The van der Waals surface area contributed by atoms with E-state index in [-0.39, 0.29) is 30.0 Å². The van der Waals surface area contributed by atoms with Crippen molar-refractivity contribution >= 4 is 35.2 Å². The van der Waals surface area contributed by atoms with Gasteiger partial charge in [-0.05, 0) is 55.8 Å². The van der Waals surface area contributed by atoms with Gasteiger partial charge in [0.25, 0.3) is 0 Å². The molecule has 0 spiro atoms. The smallest absolute Gasteiger partial charge is 0.337 e. The van der Waals surface area contributed by atoms with Crippen LogP contribution in [0.25, 0.3) is 0 Å². The summed E-state index contributed by atoms with van der Waals surface area (Å²) in [7, 11) is 2.91. The van der Waals surface area contributed by atoms with Crippen molar-refractivity contribution in [1.82, 2.24) is 20.1 Å². The fourth-order valence-corrected chi connectivity index (χ4v) is 4.25. The maximum absolute atomic E-state index is 12.5. The Morgan fingerprint density at radius 2 is 1.69 bits per heavy atom. The first-order valence-corrected chi connectivity index (χ1v) is 12.3. The molecule has 190 valence electrons. The number of rotatable bonds is 11. The number of nitrogens with zero attached hydrogens (tertiary/aromatic N) is 3. The minimum atomic E-state index is -0.440. The number of hydrogen-bond acceptors (Lipinski definition) is 8. The minimum absolute atomic E-state index is 0.120. The monoisotopic (exact) mass is 511 g/mol. The number of aromatic nitrogens is 3. The van der Waals surface area contributed by atoms with Crippen LogP contribution in [0, 0.1) is 0 Å². The van der Waals surface area contributed by atoms with Gasteiger partial charge >= 0.3 is 5.97 Å². The Morgan fingerprint density at radius 1 is 1.00 bits per heavy atom. The van der Waals surface area contributed by atoms with E-state index in [1.165, 1.54) is 18.9 Å². The van der Waals surface area contributed by atoms with Crippen molar-refractivity contribution in [3.05, 3.63) is 65.5 Å². The molecule has 2 aromatic carbocycles. The van der Waals surface area contributed by atoms with Gasteiger partial charge in [0, 0.05) is 12.2 Å². The largest absolute Gasteiger partial charge is 0.497 e. The summed E-state index contributed by atoms with van der Waals surface area (Å²) < 4.78 is 11.7. The SMILES string of the molecule is CCn1c(SCC(=O)Nc2ccc(C(=O)OC)cc2)nnc1[C@@H](C)NC(=O)Cc1ccc(OC)cc1. The average molecular weight is 512 g/mol. The second-order valence-corrected chi connectivity index (χ2v) is 8.75. The van der Waals surface area contributed by atoms with Gasteiger partial charge in [0.2, 0.25) is 11.8 Å². The third-order valence-electron chi connectivity index (χ3n) is 5.27. The summed E-state index contributed by atoms with van der Waals surface area (Å²) in [4.78, 5) is 36.5. The second-order valence-electron chi connectivity index (χ2n) is 7.80. The number of methoxy groups -OCH3 is 2. The molecule has 0 saturated heterocycles. The van der Waals surface area contributed by atoms with E-state index in [9.17, 15) is 14.4 Å². The molecule has 3 aromatic rings. The van der Waals surface area contributed by atoms with E-state index < -0.39 is 5.97 Å². The molecule has 0 unspecified atom stereocenters. The lowest BCUT2D eigenvalue weighted by atomic mass is 10.1. The number of thioether (sulfide) groups is 1. The third-order valence-corrected chi connectivity index (χ3v) is 6.24. The first-order chi connectivity index (χ1) is 17.3. The van der Waals surface area contributed by atoms with E-state index in [1.807, 2.05) is 42.7 Å². The molecule has 0 aliphatic carbocycles. The number of ether oxygens (including phenoxy) is 2. The Balaban J connectivity index is 1.55. The van der Waals surface area contributed by atoms with E-state index >= 15 is 0 Å². The molecule has 36 heavy (non-hydrogen) atoms. The standard InChI is InChI=1S/C25H29N5O5S/c1-5-30-23(16(2)26-21(31)14-17-6-12-20(34-3)13-7-17)28-29-25(30)36-15-22(32)27-19-10-8-18(9-11-19)24(33)35-4/h6-13,16H,5,14-15H2,1-4H3,(H,26,31)(H,27,32)/t16-/m1/s1. The molecule has 0 fully saturated rings. The molecule has 1 atom stereocenters. The molecular formula is C25H29N5O5S. The fourth-order valence-electron chi connectivity index (χ4n) is 3.44. The number of amides is 2. The molecule has 3 rings (SSSR count). The highest BCUT2D eigenvalue weighted by Crippen LogP contribution is 2.21. The predicted octanol–water partition coefficient (Wildman–Crippen LogP) is 3.24. The van der Waals surface area contributed by atoms with Gasteiger partial charge in [-0.3, -0.25) is 9.59 Å². The lowest BCUT2D eigenvalue weighted by molar-refractivity contribution is -0.121. The second kappa shape index (κ2) is 12.7. The fraction of sp³-hybridized carbons (Fsp3) is 0.320. The molecule has 10 nitrogen and oxygen atoms in total. The third kappa shape index (κ3) is 7.08. The van der Waals surface area contributed by atoms with Crippen LogP contribution in [0.5, 0.6) is 5.75 Å². The number of benzene rings is 2. The highest BCUT2D eigenvalue weighted by molar-refractivity contribution is 7.99. The molecule has 11 heteroatoms. The maximum atomic E-state index is 12.5. The van der Waals surface area contributed by atoms with Crippen LogP contribution >= 0.6 is 11.8 Å². The van der Waals surface area contributed by atoms with E-state index in [1.54, 1.807) is 31.4 Å². The topological polar surface area (TPSA) is 124 Å². The Bertz CT molecular complexity index is 1190. The first kappa shape index (κ1) is 26.7. The van der Waals surface area contributed by atoms with Crippen LogP contribution in [0.1, 0.15) is 41.6 Å². The van der Waals surface area contributed by atoms with Gasteiger partial charge in [-0.1, -0.05) is 23.9 Å². The molecule has 1 aromatic heterocycles. The molecule has 1 heterocycles. The zero-order valence-corrected chi connectivity index (χ0v) is 21.4. The van der Waals surface area contributed by atoms with Crippen molar-refractivity contribution in [2.45, 2.75) is 38.0 Å².